The van der Waals surface area contributed by atoms with E-state index in [-0.39, 0.29) is 24.4 Å². The molecule has 2 heterocycles. The van der Waals surface area contributed by atoms with Crippen LogP contribution in [0.4, 0.5) is 5.69 Å². The van der Waals surface area contributed by atoms with Crippen molar-refractivity contribution in [1.29, 1.82) is 0 Å². The number of carbonyl (C=O) groups is 2. The van der Waals surface area contributed by atoms with Crippen LogP contribution in [-0.2, 0) is 19.6 Å². The number of nitrogens with one attached hydrogen (secondary N) is 2. The maximum Gasteiger partial charge on any atom is 0.267 e. The van der Waals surface area contributed by atoms with Crippen molar-refractivity contribution < 1.29 is 23.2 Å². The SMILES string of the molecule is CS(=O)(=O)N1CCCC(C(=O)NC2CCN(c3ccccc3C=CC(=O)NO)CC2)C1. The van der Waals surface area contributed by atoms with Crippen molar-refractivity contribution in [3.05, 3.63) is 35.9 Å². The number of anilines is 1. The summed E-state index contributed by atoms with van der Waals surface area (Å²) in [4.78, 5) is 26.2. The summed E-state index contributed by atoms with van der Waals surface area (Å²) in [5, 5.41) is 11.8. The molecule has 9 nitrogen and oxygen atoms in total. The second-order valence-corrected chi connectivity index (χ2v) is 10.1. The zero-order valence-corrected chi connectivity index (χ0v) is 18.5. The number of hydrogen-bond acceptors (Lipinski definition) is 6. The minimum Gasteiger partial charge on any atom is -0.371 e. The second kappa shape index (κ2) is 10.3. The number of carbonyl (C=O) groups excluding carboxylic acids is 2. The fourth-order valence-electron chi connectivity index (χ4n) is 4.16. The number of para-hydroxylation sites is 1. The molecular weight excluding hydrogens is 420 g/mol. The van der Waals surface area contributed by atoms with Crippen molar-refractivity contribution in [2.24, 2.45) is 5.92 Å². The molecule has 2 fully saturated rings. The van der Waals surface area contributed by atoms with Gasteiger partial charge in [0.15, 0.2) is 0 Å². The molecular formula is C21H30N4O5S. The lowest BCUT2D eigenvalue weighted by Crippen LogP contribution is -2.50. The molecule has 1 atom stereocenters. The number of nitrogens with zero attached hydrogens (tertiary/aromatic N) is 2. The molecule has 31 heavy (non-hydrogen) atoms. The number of hydroxylamine groups is 1. The molecule has 0 aromatic heterocycles. The standard InChI is InChI=1S/C21H30N4O5S/c1-31(29,30)25-12-4-6-17(15-25)21(27)22-18-10-13-24(14-11-18)19-7-3-2-5-16(19)8-9-20(26)23-28/h2-3,5,7-9,17-18,28H,4,6,10-15H2,1H3,(H,22,27)(H,23,26). The van der Waals surface area contributed by atoms with Gasteiger partial charge in [0.1, 0.15) is 0 Å². The largest absolute Gasteiger partial charge is 0.371 e. The minimum atomic E-state index is -3.28. The minimum absolute atomic E-state index is 0.0558. The summed E-state index contributed by atoms with van der Waals surface area (Å²) >= 11 is 0. The van der Waals surface area contributed by atoms with Crippen molar-refractivity contribution in [1.82, 2.24) is 15.1 Å². The third-order valence-corrected chi connectivity index (χ3v) is 7.14. The number of rotatable bonds is 6. The first-order valence-corrected chi connectivity index (χ1v) is 12.3. The molecule has 3 N–H and O–H groups in total. The van der Waals surface area contributed by atoms with Gasteiger partial charge in [-0.3, -0.25) is 14.8 Å². The first-order chi connectivity index (χ1) is 14.8. The van der Waals surface area contributed by atoms with Crippen LogP contribution < -0.4 is 15.7 Å². The van der Waals surface area contributed by atoms with Gasteiger partial charge in [-0.1, -0.05) is 18.2 Å². The smallest absolute Gasteiger partial charge is 0.267 e. The normalized spacial score (nSPS) is 21.2. The summed E-state index contributed by atoms with van der Waals surface area (Å²) in [6, 6.07) is 7.76. The van der Waals surface area contributed by atoms with Crippen molar-refractivity contribution in [2.75, 3.05) is 37.3 Å². The molecule has 0 spiro atoms. The van der Waals surface area contributed by atoms with Crippen LogP contribution in [0.3, 0.4) is 0 Å². The Kier molecular flexibility index (Phi) is 7.69. The van der Waals surface area contributed by atoms with E-state index in [0.29, 0.717) is 19.4 Å². The molecule has 10 heteroatoms. The molecule has 170 valence electrons. The van der Waals surface area contributed by atoms with Gasteiger partial charge in [-0.05, 0) is 43.4 Å². The Morgan fingerprint density at radius 1 is 1.13 bits per heavy atom. The molecule has 0 saturated carbocycles. The number of benzene rings is 1. The van der Waals surface area contributed by atoms with Crippen molar-refractivity contribution in [3.63, 3.8) is 0 Å². The average molecular weight is 451 g/mol. The van der Waals surface area contributed by atoms with Gasteiger partial charge in [0.25, 0.3) is 5.91 Å². The Balaban J connectivity index is 1.55. The maximum absolute atomic E-state index is 12.7. The van der Waals surface area contributed by atoms with E-state index < -0.39 is 15.9 Å². The van der Waals surface area contributed by atoms with E-state index in [2.05, 4.69) is 10.2 Å². The molecule has 0 radical (unpaired) electrons. The highest BCUT2D eigenvalue weighted by Crippen LogP contribution is 2.26. The molecule has 0 bridgehead atoms. The maximum atomic E-state index is 12.7. The summed E-state index contributed by atoms with van der Waals surface area (Å²) in [5.41, 5.74) is 3.44. The summed E-state index contributed by atoms with van der Waals surface area (Å²) < 4.78 is 25.0. The Morgan fingerprint density at radius 3 is 2.52 bits per heavy atom. The van der Waals surface area contributed by atoms with Crippen LogP contribution in [0.2, 0.25) is 0 Å². The van der Waals surface area contributed by atoms with Crippen LogP contribution in [0.15, 0.2) is 30.3 Å². The van der Waals surface area contributed by atoms with E-state index in [1.54, 1.807) is 11.6 Å². The van der Waals surface area contributed by atoms with Crippen molar-refractivity contribution in [2.45, 2.75) is 31.7 Å². The molecule has 2 saturated heterocycles. The summed E-state index contributed by atoms with van der Waals surface area (Å²) in [7, 11) is -3.28. The van der Waals surface area contributed by atoms with Gasteiger partial charge < -0.3 is 10.2 Å². The zero-order chi connectivity index (χ0) is 22.4. The average Bonchev–Trinajstić information content (AvgIpc) is 2.77. The highest BCUT2D eigenvalue weighted by atomic mass is 32.2. The Hall–Kier alpha value is -2.43. The number of amides is 2. The topological polar surface area (TPSA) is 119 Å². The van der Waals surface area contributed by atoms with Gasteiger partial charge in [-0.25, -0.2) is 18.2 Å². The molecule has 2 aliphatic heterocycles. The molecule has 1 aromatic rings. The number of hydrogen-bond donors (Lipinski definition) is 3. The monoisotopic (exact) mass is 450 g/mol. The van der Waals surface area contributed by atoms with E-state index in [4.69, 9.17) is 5.21 Å². The molecule has 1 aromatic carbocycles. The van der Waals surface area contributed by atoms with Gasteiger partial charge in [0, 0.05) is 44.0 Å². The lowest BCUT2D eigenvalue weighted by atomic mass is 9.97. The van der Waals surface area contributed by atoms with E-state index in [1.165, 1.54) is 16.6 Å². The van der Waals surface area contributed by atoms with Crippen LogP contribution in [0.25, 0.3) is 6.08 Å². The van der Waals surface area contributed by atoms with Crippen molar-refractivity contribution >= 4 is 33.6 Å². The van der Waals surface area contributed by atoms with Crippen molar-refractivity contribution in [3.8, 4) is 0 Å². The van der Waals surface area contributed by atoms with Gasteiger partial charge in [-0.15, -0.1) is 0 Å². The molecule has 0 aliphatic carbocycles. The molecule has 2 aliphatic rings. The van der Waals surface area contributed by atoms with E-state index in [1.807, 2.05) is 24.3 Å². The number of piperidine rings is 2. The van der Waals surface area contributed by atoms with Crippen LogP contribution in [0, 0.1) is 5.92 Å². The van der Waals surface area contributed by atoms with E-state index in [9.17, 15) is 18.0 Å². The Morgan fingerprint density at radius 2 is 1.84 bits per heavy atom. The van der Waals surface area contributed by atoms with Crippen LogP contribution >= 0.6 is 0 Å². The third kappa shape index (κ3) is 6.28. The van der Waals surface area contributed by atoms with E-state index >= 15 is 0 Å². The lowest BCUT2D eigenvalue weighted by Gasteiger charge is -2.36. The zero-order valence-electron chi connectivity index (χ0n) is 17.7. The summed E-state index contributed by atoms with van der Waals surface area (Å²) in [6.07, 6.45) is 7.08. The van der Waals surface area contributed by atoms with E-state index in [0.717, 1.165) is 37.2 Å². The fourth-order valence-corrected chi connectivity index (χ4v) is 5.07. The quantitative estimate of drug-likeness (QED) is 0.337. The summed E-state index contributed by atoms with van der Waals surface area (Å²) in [5.74, 6) is -0.955. The predicted molar refractivity (Wildman–Crippen MR) is 118 cm³/mol. The molecule has 3 rings (SSSR count). The second-order valence-electron chi connectivity index (χ2n) is 8.10. The first-order valence-electron chi connectivity index (χ1n) is 10.5. The van der Waals surface area contributed by atoms with Crippen LogP contribution in [0.1, 0.15) is 31.2 Å². The van der Waals surface area contributed by atoms with Gasteiger partial charge >= 0.3 is 0 Å². The van der Waals surface area contributed by atoms with Gasteiger partial charge in [0.05, 0.1) is 12.2 Å². The highest BCUT2D eigenvalue weighted by Gasteiger charge is 2.31. The van der Waals surface area contributed by atoms with Crippen LogP contribution in [-0.4, -0.2) is 68.2 Å². The first kappa shape index (κ1) is 23.2. The molecule has 1 unspecified atom stereocenters. The van der Waals surface area contributed by atoms with Gasteiger partial charge in [-0.2, -0.15) is 0 Å². The van der Waals surface area contributed by atoms with Crippen LogP contribution in [0.5, 0.6) is 0 Å². The molecule has 2 amide bonds. The van der Waals surface area contributed by atoms with Gasteiger partial charge in [0.2, 0.25) is 15.9 Å². The Bertz CT molecular complexity index is 925. The Labute approximate surface area is 183 Å². The predicted octanol–water partition coefficient (Wildman–Crippen LogP) is 0.962. The lowest BCUT2D eigenvalue weighted by molar-refractivity contribution is -0.127. The number of sulfonamides is 1. The third-order valence-electron chi connectivity index (χ3n) is 5.87. The fraction of sp³-hybridized carbons (Fsp3) is 0.524. The summed E-state index contributed by atoms with van der Waals surface area (Å²) in [6.45, 7) is 2.24. The highest BCUT2D eigenvalue weighted by molar-refractivity contribution is 7.88.